The summed E-state index contributed by atoms with van der Waals surface area (Å²) in [4.78, 5) is 3.54. The van der Waals surface area contributed by atoms with Crippen molar-refractivity contribution in [1.29, 1.82) is 0 Å². The predicted molar refractivity (Wildman–Crippen MR) is 179 cm³/mol. The Hall–Kier alpha value is -5.71. The number of fused-ring (bicyclic) bond motifs is 6. The molecular weight excluding hydrogens is 506 g/mol. The van der Waals surface area contributed by atoms with Gasteiger partial charge < -0.3 is 0 Å². The first-order chi connectivity index (χ1) is 20.8. The van der Waals surface area contributed by atoms with E-state index in [1.54, 1.807) is 0 Å². The van der Waals surface area contributed by atoms with Crippen LogP contribution in [0.25, 0.3) is 81.3 Å². The second-order valence-electron chi connectivity index (χ2n) is 10.8. The first-order valence-corrected chi connectivity index (χ1v) is 14.2. The van der Waals surface area contributed by atoms with E-state index in [1.807, 2.05) is 24.3 Å². The van der Waals surface area contributed by atoms with Crippen molar-refractivity contribution < 1.29 is 0 Å². The fourth-order valence-corrected chi connectivity index (χ4v) is 6.40. The topological polar surface area (TPSA) is 4.36 Å². The maximum Gasteiger partial charge on any atom is 0.187 e. The van der Waals surface area contributed by atoms with Crippen molar-refractivity contribution in [1.82, 2.24) is 0 Å². The fourth-order valence-electron chi connectivity index (χ4n) is 6.40. The normalized spacial score (nSPS) is 11.3. The average molecular weight is 532 g/mol. The summed E-state index contributed by atoms with van der Waals surface area (Å²) < 4.78 is 0. The fraction of sp³-hybridized carbons (Fsp3) is 0. The zero-order chi connectivity index (χ0) is 28.0. The second-order valence-corrected chi connectivity index (χ2v) is 10.8. The third-order valence-electron chi connectivity index (χ3n) is 8.44. The lowest BCUT2D eigenvalue weighted by Gasteiger charge is -2.14. The van der Waals surface area contributed by atoms with E-state index in [2.05, 4.69) is 132 Å². The van der Waals surface area contributed by atoms with Gasteiger partial charge in [0.1, 0.15) is 0 Å². The molecule has 0 unspecified atom stereocenters. The van der Waals surface area contributed by atoms with Gasteiger partial charge in [0.2, 0.25) is 0 Å². The third-order valence-corrected chi connectivity index (χ3v) is 8.44. The van der Waals surface area contributed by atoms with E-state index in [0.717, 1.165) is 5.56 Å². The van der Waals surface area contributed by atoms with Crippen LogP contribution in [0.5, 0.6) is 0 Å². The van der Waals surface area contributed by atoms with Crippen molar-refractivity contribution in [2.75, 3.05) is 0 Å². The van der Waals surface area contributed by atoms with Crippen molar-refractivity contribution in [2.45, 2.75) is 0 Å². The molecule has 0 aromatic heterocycles. The highest BCUT2D eigenvalue weighted by molar-refractivity contribution is 6.23. The van der Waals surface area contributed by atoms with E-state index >= 15 is 0 Å². The van der Waals surface area contributed by atoms with Gasteiger partial charge in [-0.3, -0.25) is 0 Å². The zero-order valence-electron chi connectivity index (χ0n) is 22.9. The summed E-state index contributed by atoms with van der Waals surface area (Å²) >= 11 is 0. The third kappa shape index (κ3) is 3.93. The molecule has 42 heavy (non-hydrogen) atoms. The number of rotatable bonds is 3. The smallest absolute Gasteiger partial charge is 0.187 e. The van der Waals surface area contributed by atoms with Gasteiger partial charge in [-0.15, -0.1) is 0 Å². The van der Waals surface area contributed by atoms with E-state index in [9.17, 15) is 0 Å². The largest absolute Gasteiger partial charge is 0.238 e. The summed E-state index contributed by atoms with van der Waals surface area (Å²) in [5, 5.41) is 10.1. The Bertz CT molecular complexity index is 2350. The van der Waals surface area contributed by atoms with Crippen LogP contribution < -0.4 is 0 Å². The molecule has 0 saturated carbocycles. The Morgan fingerprint density at radius 3 is 1.60 bits per heavy atom. The molecule has 0 aliphatic rings. The van der Waals surface area contributed by atoms with Crippen molar-refractivity contribution in [3.63, 3.8) is 0 Å². The Balaban J connectivity index is 1.26. The van der Waals surface area contributed by atoms with Crippen LogP contribution in [-0.2, 0) is 0 Å². The van der Waals surface area contributed by atoms with Gasteiger partial charge in [-0.05, 0) is 94.7 Å². The van der Waals surface area contributed by atoms with Crippen molar-refractivity contribution >= 4 is 48.8 Å². The molecule has 194 valence electrons. The van der Waals surface area contributed by atoms with Crippen LogP contribution >= 0.6 is 0 Å². The minimum atomic E-state index is 0.658. The van der Waals surface area contributed by atoms with Gasteiger partial charge in [-0.25, -0.2) is 4.85 Å². The summed E-state index contributed by atoms with van der Waals surface area (Å²) in [5.41, 5.74) is 7.79. The van der Waals surface area contributed by atoms with Crippen molar-refractivity contribution in [3.8, 4) is 33.4 Å². The first-order valence-electron chi connectivity index (χ1n) is 14.2. The maximum atomic E-state index is 7.27. The van der Waals surface area contributed by atoms with Crippen molar-refractivity contribution in [3.05, 3.63) is 163 Å². The van der Waals surface area contributed by atoms with E-state index in [4.69, 9.17) is 6.57 Å². The monoisotopic (exact) mass is 531 g/mol. The summed E-state index contributed by atoms with van der Waals surface area (Å²) in [6.45, 7) is 7.27. The van der Waals surface area contributed by atoms with Gasteiger partial charge in [-0.2, -0.15) is 0 Å². The Morgan fingerprint density at radius 2 is 0.881 bits per heavy atom. The van der Waals surface area contributed by atoms with E-state index in [-0.39, 0.29) is 0 Å². The molecule has 0 bridgehead atoms. The van der Waals surface area contributed by atoms with Gasteiger partial charge >= 0.3 is 0 Å². The lowest BCUT2D eigenvalue weighted by molar-refractivity contribution is 1.59. The van der Waals surface area contributed by atoms with E-state index in [1.165, 1.54) is 70.9 Å². The number of hydrogen-bond donors (Lipinski definition) is 0. The van der Waals surface area contributed by atoms with Crippen LogP contribution in [0.4, 0.5) is 5.69 Å². The molecule has 0 radical (unpaired) electrons. The summed E-state index contributed by atoms with van der Waals surface area (Å²) in [6.07, 6.45) is 0. The molecule has 8 rings (SSSR count). The van der Waals surface area contributed by atoms with Gasteiger partial charge in [0.25, 0.3) is 0 Å². The van der Waals surface area contributed by atoms with Crippen LogP contribution in [0.1, 0.15) is 0 Å². The lowest BCUT2D eigenvalue weighted by Crippen LogP contribution is -1.87. The maximum absolute atomic E-state index is 7.27. The molecule has 0 spiro atoms. The molecule has 8 aromatic rings. The SMILES string of the molecule is [C-]#[N+]c1ccc(-c2ccccc2-c2ccc3cc(-c4cc5ccc6ccccc6c5c5ccccc45)ccc3c2)cc1. The van der Waals surface area contributed by atoms with E-state index in [0.29, 0.717) is 5.69 Å². The summed E-state index contributed by atoms with van der Waals surface area (Å²) in [6, 6.07) is 54.2. The first kappa shape index (κ1) is 24.1. The molecule has 0 atom stereocenters. The molecule has 1 heteroatoms. The van der Waals surface area contributed by atoms with Crippen LogP contribution in [0, 0.1) is 6.57 Å². The highest BCUT2D eigenvalue weighted by Crippen LogP contribution is 2.40. The molecule has 0 heterocycles. The van der Waals surface area contributed by atoms with Gasteiger partial charge in [0, 0.05) is 0 Å². The zero-order valence-corrected chi connectivity index (χ0v) is 22.9. The number of benzene rings is 8. The summed E-state index contributed by atoms with van der Waals surface area (Å²) in [5.74, 6) is 0. The Morgan fingerprint density at radius 1 is 0.357 bits per heavy atom. The van der Waals surface area contributed by atoms with Crippen LogP contribution in [-0.4, -0.2) is 0 Å². The molecule has 1 nitrogen and oxygen atoms in total. The molecule has 0 amide bonds. The molecule has 0 aliphatic carbocycles. The standard InChI is InChI=1S/C41H25N/c1-42-34-22-20-28(21-23-34)35-9-4-5-10-36(35)31-17-15-30-25-32(18-16-29(30)24-31)40-26-33-19-14-27-8-2-3-11-37(27)41(33)39-13-7-6-12-38(39)40/h2-26H. The van der Waals surface area contributed by atoms with Crippen molar-refractivity contribution in [2.24, 2.45) is 0 Å². The van der Waals surface area contributed by atoms with Gasteiger partial charge in [0.05, 0.1) is 6.57 Å². The van der Waals surface area contributed by atoms with Crippen LogP contribution in [0.15, 0.2) is 152 Å². The van der Waals surface area contributed by atoms with Gasteiger partial charge in [-0.1, -0.05) is 133 Å². The number of nitrogens with zero attached hydrogens (tertiary/aromatic N) is 1. The Kier molecular flexibility index (Phi) is 5.59. The highest BCUT2D eigenvalue weighted by Gasteiger charge is 2.13. The minimum absolute atomic E-state index is 0.658. The highest BCUT2D eigenvalue weighted by atomic mass is 14.6. The summed E-state index contributed by atoms with van der Waals surface area (Å²) in [7, 11) is 0. The molecule has 8 aromatic carbocycles. The van der Waals surface area contributed by atoms with Crippen LogP contribution in [0.2, 0.25) is 0 Å². The number of hydrogen-bond acceptors (Lipinski definition) is 0. The minimum Gasteiger partial charge on any atom is -0.238 e. The second kappa shape index (κ2) is 9.73. The molecule has 0 saturated heterocycles. The van der Waals surface area contributed by atoms with Crippen LogP contribution in [0.3, 0.4) is 0 Å². The van der Waals surface area contributed by atoms with Gasteiger partial charge in [0.15, 0.2) is 5.69 Å². The predicted octanol–water partition coefficient (Wildman–Crippen LogP) is 11.9. The molecule has 0 aliphatic heterocycles. The molecular formula is C41H25N. The Labute approximate surface area is 244 Å². The molecule has 0 fully saturated rings. The quantitative estimate of drug-likeness (QED) is 0.158. The lowest BCUT2D eigenvalue weighted by atomic mass is 9.89. The van der Waals surface area contributed by atoms with E-state index < -0.39 is 0 Å². The average Bonchev–Trinajstić information content (AvgIpc) is 3.07. The molecule has 0 N–H and O–H groups in total.